The molecule has 2 N–H and O–H groups in total. The van der Waals surface area contributed by atoms with Gasteiger partial charge < -0.3 is 14.9 Å². The van der Waals surface area contributed by atoms with Crippen LogP contribution >= 0.6 is 0 Å². The molecule has 1 saturated heterocycles. The molecule has 5 nitrogen and oxygen atoms in total. The second-order valence-corrected chi connectivity index (χ2v) is 7.44. The number of carbonyl (C=O) groups excluding carboxylic acids is 2. The Kier molecular flexibility index (Phi) is 8.10. The van der Waals surface area contributed by atoms with Crippen LogP contribution in [0.5, 0.6) is 0 Å². The lowest BCUT2D eigenvalue weighted by atomic mass is 9.86. The lowest BCUT2D eigenvalue weighted by molar-refractivity contribution is -0.158. The smallest absolute Gasteiger partial charge is 0.308 e. The fraction of sp³-hybridized carbons (Fsp3) is 0.789. The second kappa shape index (κ2) is 9.33. The first kappa shape index (κ1) is 20.8. The monoisotopic (exact) mass is 340 g/mol. The minimum Gasteiger partial charge on any atom is -0.462 e. The molecule has 0 radical (unpaired) electrons. The quantitative estimate of drug-likeness (QED) is 0.574. The molecule has 5 atom stereocenters. The fourth-order valence-electron chi connectivity index (χ4n) is 2.82. The van der Waals surface area contributed by atoms with E-state index in [0.29, 0.717) is 24.8 Å². The number of carbonyl (C=O) groups is 2. The molecule has 24 heavy (non-hydrogen) atoms. The maximum Gasteiger partial charge on any atom is 0.308 e. The molecule has 0 aliphatic carbocycles. The van der Waals surface area contributed by atoms with Crippen LogP contribution in [0.4, 0.5) is 0 Å². The van der Waals surface area contributed by atoms with Crippen molar-refractivity contribution in [3.8, 4) is 0 Å². The number of Topliss-reactive ketones (excluding diaryl/α,β-unsaturated/α-hetero) is 1. The minimum absolute atomic E-state index is 0.0143. The number of aliphatic hydroxyl groups is 2. The van der Waals surface area contributed by atoms with Gasteiger partial charge in [0.25, 0.3) is 0 Å². The normalized spacial score (nSPS) is 28.8. The Hall–Kier alpha value is -1.20. The Morgan fingerprint density at radius 1 is 1.33 bits per heavy atom. The number of cyclic esters (lactones) is 1. The third-order valence-electron chi connectivity index (χ3n) is 5.02. The van der Waals surface area contributed by atoms with Gasteiger partial charge in [-0.15, -0.1) is 0 Å². The van der Waals surface area contributed by atoms with Crippen LogP contribution in [0.25, 0.3) is 0 Å². The summed E-state index contributed by atoms with van der Waals surface area (Å²) in [6.45, 7) is 9.29. The Morgan fingerprint density at radius 3 is 2.54 bits per heavy atom. The molecule has 1 heterocycles. The van der Waals surface area contributed by atoms with Crippen LogP contribution in [0.1, 0.15) is 60.3 Å². The minimum atomic E-state index is -0.677. The molecule has 1 rings (SSSR count). The predicted molar refractivity (Wildman–Crippen MR) is 92.3 cm³/mol. The van der Waals surface area contributed by atoms with E-state index < -0.39 is 30.2 Å². The third-order valence-corrected chi connectivity index (χ3v) is 5.02. The topological polar surface area (TPSA) is 83.8 Å². The van der Waals surface area contributed by atoms with Crippen molar-refractivity contribution in [2.24, 2.45) is 17.8 Å². The van der Waals surface area contributed by atoms with Gasteiger partial charge in [0.2, 0.25) is 0 Å². The molecular weight excluding hydrogens is 308 g/mol. The number of allylic oxidation sites excluding steroid dienone is 1. The summed E-state index contributed by atoms with van der Waals surface area (Å²) >= 11 is 0. The number of hydrogen-bond acceptors (Lipinski definition) is 5. The molecule has 0 saturated carbocycles. The van der Waals surface area contributed by atoms with Crippen LogP contribution in [-0.2, 0) is 14.3 Å². The average Bonchev–Trinajstić information content (AvgIpc) is 2.52. The summed E-state index contributed by atoms with van der Waals surface area (Å²) in [5, 5.41) is 19.7. The summed E-state index contributed by atoms with van der Waals surface area (Å²) in [6, 6.07) is 0. The van der Waals surface area contributed by atoms with Gasteiger partial charge in [0.1, 0.15) is 6.10 Å². The van der Waals surface area contributed by atoms with Gasteiger partial charge in [-0.25, -0.2) is 0 Å². The number of ketones is 1. The standard InChI is InChI=1S/C19H32O5/c1-11(2)15(20)8-6-13(4)19(23)14(5)17-9-7-12(3)16(21)10-18(22)24-17/h6,11-12,14-17,20-21H,7-10H2,1-5H3/b13-6+/t12-,14-,15-,16+,17-/m0/s1. The van der Waals surface area contributed by atoms with Crippen LogP contribution in [0.3, 0.4) is 0 Å². The SMILES string of the molecule is C/C(=C\C[C@H](O)C(C)C)C(=O)[C@@H](C)[C@@H]1CC[C@H](C)[C@H](O)CC(=O)O1. The molecule has 0 aromatic rings. The summed E-state index contributed by atoms with van der Waals surface area (Å²) in [7, 11) is 0. The van der Waals surface area contributed by atoms with Crippen LogP contribution in [0.15, 0.2) is 11.6 Å². The van der Waals surface area contributed by atoms with Crippen molar-refractivity contribution in [3.05, 3.63) is 11.6 Å². The van der Waals surface area contributed by atoms with Crippen LogP contribution in [0.2, 0.25) is 0 Å². The molecule has 138 valence electrons. The van der Waals surface area contributed by atoms with Crippen LogP contribution in [0, 0.1) is 17.8 Å². The summed E-state index contributed by atoms with van der Waals surface area (Å²) in [4.78, 5) is 24.4. The van der Waals surface area contributed by atoms with Gasteiger partial charge >= 0.3 is 5.97 Å². The lowest BCUT2D eigenvalue weighted by Crippen LogP contribution is -2.36. The van der Waals surface area contributed by atoms with E-state index in [1.165, 1.54) is 0 Å². The maximum atomic E-state index is 12.6. The molecule has 5 heteroatoms. The number of esters is 1. The first-order chi connectivity index (χ1) is 11.1. The molecule has 0 aromatic carbocycles. The molecule has 0 bridgehead atoms. The Morgan fingerprint density at radius 2 is 1.96 bits per heavy atom. The summed E-state index contributed by atoms with van der Waals surface area (Å²) in [5.74, 6) is -0.779. The van der Waals surface area contributed by atoms with Crippen LogP contribution < -0.4 is 0 Å². The van der Waals surface area contributed by atoms with Gasteiger partial charge in [0.05, 0.1) is 24.5 Å². The predicted octanol–water partition coefficient (Wildman–Crippen LogP) is 2.64. The zero-order valence-corrected chi connectivity index (χ0v) is 15.5. The molecule has 1 fully saturated rings. The van der Waals surface area contributed by atoms with E-state index >= 15 is 0 Å². The van der Waals surface area contributed by atoms with Gasteiger partial charge in [0, 0.05) is 0 Å². The highest BCUT2D eigenvalue weighted by molar-refractivity contribution is 5.96. The largest absolute Gasteiger partial charge is 0.462 e. The third kappa shape index (κ3) is 6.02. The van der Waals surface area contributed by atoms with E-state index in [-0.39, 0.29) is 24.0 Å². The molecule has 0 unspecified atom stereocenters. The molecule has 0 amide bonds. The molecule has 1 aliphatic heterocycles. The van der Waals surface area contributed by atoms with Crippen LogP contribution in [-0.4, -0.2) is 40.3 Å². The van der Waals surface area contributed by atoms with Gasteiger partial charge in [-0.2, -0.15) is 0 Å². The highest BCUT2D eigenvalue weighted by atomic mass is 16.5. The van der Waals surface area contributed by atoms with Crippen molar-refractivity contribution < 1.29 is 24.5 Å². The average molecular weight is 340 g/mol. The van der Waals surface area contributed by atoms with Gasteiger partial charge in [0.15, 0.2) is 5.78 Å². The van der Waals surface area contributed by atoms with E-state index in [0.717, 1.165) is 0 Å². The zero-order chi connectivity index (χ0) is 18.4. The van der Waals surface area contributed by atoms with Crippen molar-refractivity contribution in [2.45, 2.75) is 78.6 Å². The maximum absolute atomic E-state index is 12.6. The van der Waals surface area contributed by atoms with E-state index in [9.17, 15) is 19.8 Å². The molecule has 0 spiro atoms. The van der Waals surface area contributed by atoms with Gasteiger partial charge in [-0.3, -0.25) is 9.59 Å². The number of ether oxygens (including phenoxy) is 1. The van der Waals surface area contributed by atoms with Crippen molar-refractivity contribution in [3.63, 3.8) is 0 Å². The van der Waals surface area contributed by atoms with E-state index in [2.05, 4.69) is 0 Å². The summed E-state index contributed by atoms with van der Waals surface area (Å²) in [6.07, 6.45) is 1.86. The number of aliphatic hydroxyl groups excluding tert-OH is 2. The van der Waals surface area contributed by atoms with E-state index in [4.69, 9.17) is 4.74 Å². The second-order valence-electron chi connectivity index (χ2n) is 7.44. The lowest BCUT2D eigenvalue weighted by Gasteiger charge is -2.29. The van der Waals surface area contributed by atoms with E-state index in [1.54, 1.807) is 19.9 Å². The molecular formula is C19H32O5. The molecule has 1 aliphatic rings. The highest BCUT2D eigenvalue weighted by Gasteiger charge is 2.32. The van der Waals surface area contributed by atoms with Crippen molar-refractivity contribution >= 4 is 11.8 Å². The van der Waals surface area contributed by atoms with Gasteiger partial charge in [-0.05, 0) is 43.6 Å². The first-order valence-electron chi connectivity index (χ1n) is 8.90. The zero-order valence-electron chi connectivity index (χ0n) is 15.5. The molecule has 0 aromatic heterocycles. The summed E-state index contributed by atoms with van der Waals surface area (Å²) < 4.78 is 5.41. The Bertz CT molecular complexity index is 468. The number of rotatable bonds is 6. The highest BCUT2D eigenvalue weighted by Crippen LogP contribution is 2.26. The Labute approximate surface area is 145 Å². The van der Waals surface area contributed by atoms with Crippen molar-refractivity contribution in [2.75, 3.05) is 0 Å². The fourth-order valence-corrected chi connectivity index (χ4v) is 2.82. The van der Waals surface area contributed by atoms with Gasteiger partial charge in [-0.1, -0.05) is 33.8 Å². The number of hydrogen-bond donors (Lipinski definition) is 2. The van der Waals surface area contributed by atoms with Crippen molar-refractivity contribution in [1.29, 1.82) is 0 Å². The van der Waals surface area contributed by atoms with Crippen molar-refractivity contribution in [1.82, 2.24) is 0 Å². The summed E-state index contributed by atoms with van der Waals surface area (Å²) in [5.41, 5.74) is 0.591. The first-order valence-corrected chi connectivity index (χ1v) is 8.90. The Balaban J connectivity index is 2.72. The van der Waals surface area contributed by atoms with E-state index in [1.807, 2.05) is 20.8 Å².